The number of aliphatic hydroxyl groups excluding tert-OH is 1. The number of aliphatic hydroxyl groups is 1. The van der Waals surface area contributed by atoms with Crippen molar-refractivity contribution in [3.63, 3.8) is 0 Å². The van der Waals surface area contributed by atoms with Crippen LogP contribution in [0.3, 0.4) is 0 Å². The maximum absolute atomic E-state index is 9.44. The van der Waals surface area contributed by atoms with Gasteiger partial charge < -0.3 is 14.9 Å². The molecule has 2 atom stereocenters. The average molecular weight is 262 g/mol. The fraction of sp³-hybridized carbons (Fsp3) is 1.00. The Bertz CT molecular complexity index is 157. The highest BCUT2D eigenvalue weighted by atomic mass is 31.2. The molecule has 0 radical (unpaired) electrons. The molecule has 0 saturated heterocycles. The van der Waals surface area contributed by atoms with Crippen molar-refractivity contribution in [1.29, 1.82) is 0 Å². The summed E-state index contributed by atoms with van der Waals surface area (Å²) in [5.74, 6) is 0. The van der Waals surface area contributed by atoms with Crippen LogP contribution in [0.4, 0.5) is 0 Å². The minimum absolute atomic E-state index is 0.365. The first-order chi connectivity index (χ1) is 7.04. The maximum atomic E-state index is 9.44. The first-order valence-electron chi connectivity index (χ1n) is 4.79. The van der Waals surface area contributed by atoms with Gasteiger partial charge in [-0.15, -0.1) is 0 Å². The Morgan fingerprint density at radius 1 is 1.00 bits per heavy atom. The van der Waals surface area contributed by atoms with Crippen LogP contribution in [0.1, 0.15) is 39.0 Å². The smallest absolute Gasteiger partial charge is 0.323 e. The normalized spacial score (nSPS) is 13.9. The van der Waals surface area contributed by atoms with E-state index in [-0.39, 0.29) is 0 Å². The molecule has 15 heavy (non-hydrogen) atoms. The van der Waals surface area contributed by atoms with Gasteiger partial charge >= 0.3 is 16.5 Å². The van der Waals surface area contributed by atoms with E-state index in [4.69, 9.17) is 14.9 Å². The fourth-order valence-electron chi connectivity index (χ4n) is 0.790. The molecule has 0 aliphatic rings. The number of unbranched alkanes of at least 4 members (excludes halogenated alkanes) is 4. The Morgan fingerprint density at radius 3 is 1.73 bits per heavy atom. The van der Waals surface area contributed by atoms with Gasteiger partial charge in [0.2, 0.25) is 0 Å². The summed E-state index contributed by atoms with van der Waals surface area (Å²) >= 11 is 0. The summed E-state index contributed by atoms with van der Waals surface area (Å²) in [4.78, 5) is 15.4. The predicted octanol–water partition coefficient (Wildman–Crippen LogP) is 1.72. The average Bonchev–Trinajstić information content (AvgIpc) is 2.11. The van der Waals surface area contributed by atoms with E-state index < -0.39 is 16.5 Å². The summed E-state index contributed by atoms with van der Waals surface area (Å²) in [6, 6.07) is 0. The Hall–Kier alpha value is 0.300. The molecule has 3 N–H and O–H groups in total. The molecule has 94 valence electrons. The molecule has 8 heteroatoms. The maximum Gasteiger partial charge on any atom is 0.323 e. The van der Waals surface area contributed by atoms with Gasteiger partial charge in [-0.05, 0) is 6.42 Å². The third-order valence-electron chi connectivity index (χ3n) is 1.44. The summed E-state index contributed by atoms with van der Waals surface area (Å²) in [5, 5.41) is 8.37. The summed E-state index contributed by atoms with van der Waals surface area (Å²) < 4.78 is 22.3. The van der Waals surface area contributed by atoms with Crippen molar-refractivity contribution < 1.29 is 28.3 Å². The van der Waals surface area contributed by atoms with Crippen LogP contribution in [0, 0.1) is 0 Å². The number of hydrogen-bond donors (Lipinski definition) is 3. The monoisotopic (exact) mass is 262 g/mol. The Kier molecular flexibility index (Phi) is 16.9. The van der Waals surface area contributed by atoms with Crippen molar-refractivity contribution in [1.82, 2.24) is 0 Å². The van der Waals surface area contributed by atoms with Crippen LogP contribution in [0.15, 0.2) is 0 Å². The van der Waals surface area contributed by atoms with E-state index in [1.54, 1.807) is 0 Å². The van der Waals surface area contributed by atoms with Crippen LogP contribution in [-0.4, -0.2) is 21.5 Å². The molecular formula is C7H20O6P2. The Labute approximate surface area is 91.2 Å². The van der Waals surface area contributed by atoms with E-state index in [1.807, 2.05) is 0 Å². The second kappa shape index (κ2) is 14.3. The molecule has 0 heterocycles. The van der Waals surface area contributed by atoms with Gasteiger partial charge in [0.15, 0.2) is 0 Å². The minimum Gasteiger partial charge on any atom is -0.396 e. The quantitative estimate of drug-likeness (QED) is 0.476. The lowest BCUT2D eigenvalue weighted by molar-refractivity contribution is 0.282. The lowest BCUT2D eigenvalue weighted by Crippen LogP contribution is -1.81. The van der Waals surface area contributed by atoms with Crippen LogP contribution in [0.5, 0.6) is 0 Å². The summed E-state index contributed by atoms with van der Waals surface area (Å²) in [7, 11) is -6.40. The van der Waals surface area contributed by atoms with Crippen molar-refractivity contribution in [2.45, 2.75) is 39.0 Å². The summed E-state index contributed by atoms with van der Waals surface area (Å²) in [6.45, 7) is 2.56. The van der Waals surface area contributed by atoms with Crippen molar-refractivity contribution in [3.8, 4) is 0 Å². The third kappa shape index (κ3) is 25.0. The van der Waals surface area contributed by atoms with Crippen LogP contribution in [0.25, 0.3) is 0 Å². The van der Waals surface area contributed by atoms with E-state index in [0.717, 1.165) is 6.42 Å². The second-order valence-electron chi connectivity index (χ2n) is 2.77. The zero-order valence-electron chi connectivity index (χ0n) is 8.81. The molecule has 0 aliphatic carbocycles. The fourth-order valence-corrected chi connectivity index (χ4v) is 1.39. The Balaban J connectivity index is 0. The molecule has 0 aliphatic heterocycles. The molecule has 0 aromatic carbocycles. The summed E-state index contributed by atoms with van der Waals surface area (Å²) in [5.41, 5.74) is 0. The SMILES string of the molecule is CCCCCCCO.O=[PH](O)O[PH](=O)O. The van der Waals surface area contributed by atoms with Crippen molar-refractivity contribution in [2.75, 3.05) is 6.61 Å². The second-order valence-corrected chi connectivity index (χ2v) is 4.65. The first-order valence-corrected chi connectivity index (χ1v) is 7.31. The van der Waals surface area contributed by atoms with E-state index in [0.29, 0.717) is 6.61 Å². The molecule has 0 saturated carbocycles. The molecule has 0 bridgehead atoms. The topological polar surface area (TPSA) is 104 Å². The molecule has 0 aromatic heterocycles. The van der Waals surface area contributed by atoms with Gasteiger partial charge in [-0.25, -0.2) is 4.31 Å². The molecule has 0 aromatic rings. The molecule has 0 spiro atoms. The highest BCUT2D eigenvalue weighted by Gasteiger charge is 1.93. The molecule has 0 fully saturated rings. The lowest BCUT2D eigenvalue weighted by Gasteiger charge is -1.93. The molecular weight excluding hydrogens is 242 g/mol. The van der Waals surface area contributed by atoms with Crippen molar-refractivity contribution in [2.24, 2.45) is 0 Å². The lowest BCUT2D eigenvalue weighted by atomic mass is 10.2. The molecule has 2 unspecified atom stereocenters. The van der Waals surface area contributed by atoms with Gasteiger partial charge in [-0.1, -0.05) is 32.6 Å². The minimum atomic E-state index is -3.20. The largest absolute Gasteiger partial charge is 0.396 e. The van der Waals surface area contributed by atoms with E-state index >= 15 is 0 Å². The zero-order chi connectivity index (χ0) is 12.1. The molecule has 6 nitrogen and oxygen atoms in total. The van der Waals surface area contributed by atoms with Gasteiger partial charge in [0.1, 0.15) is 0 Å². The predicted molar refractivity (Wildman–Crippen MR) is 59.4 cm³/mol. The van der Waals surface area contributed by atoms with Crippen molar-refractivity contribution >= 4 is 16.5 Å². The van der Waals surface area contributed by atoms with Gasteiger partial charge in [-0.3, -0.25) is 9.13 Å². The van der Waals surface area contributed by atoms with Crippen LogP contribution in [-0.2, 0) is 13.4 Å². The van der Waals surface area contributed by atoms with E-state index in [1.165, 1.54) is 25.7 Å². The van der Waals surface area contributed by atoms with Crippen molar-refractivity contribution in [3.05, 3.63) is 0 Å². The van der Waals surface area contributed by atoms with Crippen LogP contribution in [0.2, 0.25) is 0 Å². The molecule has 0 rings (SSSR count). The molecule has 0 amide bonds. The van der Waals surface area contributed by atoms with Crippen LogP contribution < -0.4 is 0 Å². The zero-order valence-corrected chi connectivity index (χ0v) is 10.8. The van der Waals surface area contributed by atoms with E-state index in [2.05, 4.69) is 11.2 Å². The van der Waals surface area contributed by atoms with Gasteiger partial charge in [0, 0.05) is 6.61 Å². The van der Waals surface area contributed by atoms with Gasteiger partial charge in [0.05, 0.1) is 0 Å². The highest BCUT2D eigenvalue weighted by Crippen LogP contribution is 2.30. The number of hydrogen-bond acceptors (Lipinski definition) is 4. The van der Waals surface area contributed by atoms with E-state index in [9.17, 15) is 9.13 Å². The summed E-state index contributed by atoms with van der Waals surface area (Å²) in [6.07, 6.45) is 6.08. The number of rotatable bonds is 7. The first kappa shape index (κ1) is 17.7. The highest BCUT2D eigenvalue weighted by molar-refractivity contribution is 7.46. The Morgan fingerprint density at radius 2 is 1.47 bits per heavy atom. The standard InChI is InChI=1S/C7H16O.H4O5P2/c1-2-3-4-5-6-7-8;1-6(2)5-7(3)4/h8H,2-7H2,1H3;6-7H,(H,1,2)(H,3,4). The van der Waals surface area contributed by atoms with Gasteiger partial charge in [0.25, 0.3) is 0 Å². The van der Waals surface area contributed by atoms with Gasteiger partial charge in [-0.2, -0.15) is 0 Å². The third-order valence-corrected chi connectivity index (χ3v) is 2.83. The van der Waals surface area contributed by atoms with Crippen LogP contribution >= 0.6 is 16.5 Å².